The van der Waals surface area contributed by atoms with Gasteiger partial charge in [0.05, 0.1) is 10.6 Å². The Morgan fingerprint density at radius 1 is 1.43 bits per heavy atom. The Hall–Kier alpha value is -1.76. The second kappa shape index (κ2) is 5.22. The van der Waals surface area contributed by atoms with Crippen molar-refractivity contribution in [3.8, 4) is 5.75 Å². The minimum Gasteiger partial charge on any atom is -0.505 e. The fraction of sp³-hybridized carbons (Fsp3) is 0.500. The highest BCUT2D eigenvalue weighted by atomic mass is 32.2. The molecule has 7 heteroatoms. The van der Waals surface area contributed by atoms with Gasteiger partial charge in [-0.3, -0.25) is 9.59 Å². The minimum atomic E-state index is -0.250. The van der Waals surface area contributed by atoms with Gasteiger partial charge in [0.2, 0.25) is 5.91 Å². The van der Waals surface area contributed by atoms with Crippen molar-refractivity contribution in [3.05, 3.63) is 24.0 Å². The van der Waals surface area contributed by atoms with Crippen molar-refractivity contribution in [2.75, 3.05) is 25.9 Å². The molecule has 2 amide bonds. The summed E-state index contributed by atoms with van der Waals surface area (Å²) >= 11 is 1.67. The molecule has 3 heterocycles. The molecule has 112 valence electrons. The molecule has 0 aliphatic carbocycles. The smallest absolute Gasteiger partial charge is 0.276 e. The van der Waals surface area contributed by atoms with Crippen molar-refractivity contribution in [2.45, 2.75) is 17.7 Å². The molecule has 2 saturated heterocycles. The van der Waals surface area contributed by atoms with Crippen molar-refractivity contribution in [1.29, 1.82) is 0 Å². The molecule has 1 aromatic rings. The third kappa shape index (κ3) is 2.35. The summed E-state index contributed by atoms with van der Waals surface area (Å²) in [7, 11) is 1.84. The molecule has 0 aromatic carbocycles. The van der Waals surface area contributed by atoms with Crippen LogP contribution in [-0.4, -0.2) is 62.5 Å². The Labute approximate surface area is 127 Å². The van der Waals surface area contributed by atoms with Gasteiger partial charge >= 0.3 is 0 Å². The average molecular weight is 307 g/mol. The molecule has 3 rings (SSSR count). The minimum absolute atomic E-state index is 0.0923. The van der Waals surface area contributed by atoms with Crippen molar-refractivity contribution >= 4 is 23.6 Å². The zero-order chi connectivity index (χ0) is 15.0. The van der Waals surface area contributed by atoms with Gasteiger partial charge < -0.3 is 14.9 Å². The van der Waals surface area contributed by atoms with E-state index < -0.39 is 0 Å². The first-order chi connectivity index (χ1) is 10.0. The van der Waals surface area contributed by atoms with Crippen LogP contribution in [0.1, 0.15) is 23.3 Å². The van der Waals surface area contributed by atoms with Gasteiger partial charge in [0, 0.05) is 26.3 Å². The summed E-state index contributed by atoms with van der Waals surface area (Å²) in [6, 6.07) is 3.05. The largest absolute Gasteiger partial charge is 0.505 e. The Bertz CT molecular complexity index is 585. The standard InChI is InChI=1S/C14H17N3O3S/c1-16-11(19)9-21-14(16)4-7-17(8-5-14)13(20)12-10(18)3-2-6-15-12/h2-3,6,18H,4-5,7-9H2,1H3. The Morgan fingerprint density at radius 2 is 2.14 bits per heavy atom. The topological polar surface area (TPSA) is 73.7 Å². The molecular formula is C14H17N3O3S. The summed E-state index contributed by atoms with van der Waals surface area (Å²) in [6.45, 7) is 1.14. The van der Waals surface area contributed by atoms with Crippen LogP contribution < -0.4 is 0 Å². The molecule has 2 aliphatic heterocycles. The maximum absolute atomic E-state index is 12.4. The number of hydrogen-bond donors (Lipinski definition) is 1. The van der Waals surface area contributed by atoms with Gasteiger partial charge in [-0.15, -0.1) is 11.8 Å². The van der Waals surface area contributed by atoms with Gasteiger partial charge in [-0.1, -0.05) is 0 Å². The number of nitrogens with zero attached hydrogens (tertiary/aromatic N) is 3. The number of hydrogen-bond acceptors (Lipinski definition) is 5. The number of rotatable bonds is 1. The predicted octanol–water partition coefficient (Wildman–Crippen LogP) is 0.925. The lowest BCUT2D eigenvalue weighted by atomic mass is 10.0. The van der Waals surface area contributed by atoms with E-state index >= 15 is 0 Å². The zero-order valence-electron chi connectivity index (χ0n) is 11.8. The van der Waals surface area contributed by atoms with E-state index in [0.29, 0.717) is 18.8 Å². The van der Waals surface area contributed by atoms with E-state index in [1.807, 2.05) is 11.9 Å². The van der Waals surface area contributed by atoms with Crippen molar-refractivity contribution in [1.82, 2.24) is 14.8 Å². The maximum atomic E-state index is 12.4. The molecule has 1 aromatic heterocycles. The summed E-state index contributed by atoms with van der Waals surface area (Å²) in [5.74, 6) is 0.332. The lowest BCUT2D eigenvalue weighted by Crippen LogP contribution is -2.51. The summed E-state index contributed by atoms with van der Waals surface area (Å²) in [5.41, 5.74) is 0.0944. The number of thioether (sulfide) groups is 1. The van der Waals surface area contributed by atoms with Gasteiger partial charge in [0.15, 0.2) is 5.69 Å². The molecule has 2 aliphatic rings. The lowest BCUT2D eigenvalue weighted by Gasteiger charge is -2.42. The molecule has 1 spiro atoms. The predicted molar refractivity (Wildman–Crippen MR) is 79.0 cm³/mol. The zero-order valence-corrected chi connectivity index (χ0v) is 12.6. The van der Waals surface area contributed by atoms with Crippen molar-refractivity contribution < 1.29 is 14.7 Å². The average Bonchev–Trinajstić information content (AvgIpc) is 2.77. The fourth-order valence-electron chi connectivity index (χ4n) is 2.87. The number of carbonyl (C=O) groups is 2. The number of pyridine rings is 1. The molecule has 0 bridgehead atoms. The number of aromatic hydroxyl groups is 1. The van der Waals surface area contributed by atoms with Gasteiger partial charge in [-0.05, 0) is 25.0 Å². The Balaban J connectivity index is 1.70. The first-order valence-electron chi connectivity index (χ1n) is 6.87. The van der Waals surface area contributed by atoms with Crippen molar-refractivity contribution in [2.24, 2.45) is 0 Å². The normalized spacial score (nSPS) is 21.1. The van der Waals surface area contributed by atoms with Crippen LogP contribution in [0.3, 0.4) is 0 Å². The number of aromatic nitrogens is 1. The van der Waals surface area contributed by atoms with E-state index in [1.165, 1.54) is 12.3 Å². The molecule has 0 saturated carbocycles. The highest BCUT2D eigenvalue weighted by Crippen LogP contribution is 2.43. The van der Waals surface area contributed by atoms with Crippen molar-refractivity contribution in [3.63, 3.8) is 0 Å². The summed E-state index contributed by atoms with van der Waals surface area (Å²) in [4.78, 5) is 31.4. The van der Waals surface area contributed by atoms with Crippen LogP contribution in [0.25, 0.3) is 0 Å². The molecule has 2 fully saturated rings. The van der Waals surface area contributed by atoms with Crippen LogP contribution in [0.4, 0.5) is 0 Å². The third-order valence-electron chi connectivity index (χ3n) is 4.27. The quantitative estimate of drug-likeness (QED) is 0.835. The lowest BCUT2D eigenvalue weighted by molar-refractivity contribution is -0.129. The van der Waals surface area contributed by atoms with E-state index in [4.69, 9.17) is 0 Å². The van der Waals surface area contributed by atoms with Gasteiger partial charge in [0.25, 0.3) is 5.91 Å². The SMILES string of the molecule is CN1C(=O)CSC12CCN(C(=O)c1ncccc1O)CC2. The highest BCUT2D eigenvalue weighted by Gasteiger charge is 2.46. The molecule has 1 N–H and O–H groups in total. The first kappa shape index (κ1) is 14.2. The molecule has 0 radical (unpaired) electrons. The molecule has 0 unspecified atom stereocenters. The third-order valence-corrected chi connectivity index (χ3v) is 5.88. The van der Waals surface area contributed by atoms with E-state index in [9.17, 15) is 14.7 Å². The molecule has 0 atom stereocenters. The summed E-state index contributed by atoms with van der Waals surface area (Å²) in [6.07, 6.45) is 3.00. The maximum Gasteiger partial charge on any atom is 0.276 e. The second-order valence-corrected chi connectivity index (χ2v) is 6.69. The van der Waals surface area contributed by atoms with Crippen LogP contribution in [0.15, 0.2) is 18.3 Å². The Morgan fingerprint density at radius 3 is 2.71 bits per heavy atom. The number of amides is 2. The molecule has 21 heavy (non-hydrogen) atoms. The monoisotopic (exact) mass is 307 g/mol. The highest BCUT2D eigenvalue weighted by molar-refractivity contribution is 8.01. The van der Waals surface area contributed by atoms with Crippen LogP contribution in [0.2, 0.25) is 0 Å². The number of likely N-dealkylation sites (tertiary alicyclic amines) is 1. The summed E-state index contributed by atoms with van der Waals surface area (Å²) < 4.78 is 0. The van der Waals surface area contributed by atoms with Gasteiger partial charge in [-0.2, -0.15) is 0 Å². The number of piperidine rings is 1. The van der Waals surface area contributed by atoms with E-state index in [1.54, 1.807) is 22.7 Å². The molecule has 6 nitrogen and oxygen atoms in total. The second-order valence-electron chi connectivity index (χ2n) is 5.35. The molecular weight excluding hydrogens is 290 g/mol. The van der Waals surface area contributed by atoms with Crippen LogP contribution in [0.5, 0.6) is 5.75 Å². The van der Waals surface area contributed by atoms with Gasteiger partial charge in [0.1, 0.15) is 5.75 Å². The van der Waals surface area contributed by atoms with Gasteiger partial charge in [-0.25, -0.2) is 4.98 Å². The van der Waals surface area contributed by atoms with Crippen LogP contribution >= 0.6 is 11.8 Å². The van der Waals surface area contributed by atoms with E-state index in [0.717, 1.165) is 12.8 Å². The fourth-order valence-corrected chi connectivity index (χ4v) is 4.22. The summed E-state index contributed by atoms with van der Waals surface area (Å²) in [5, 5.41) is 9.73. The number of carbonyl (C=O) groups excluding carboxylic acids is 2. The van der Waals surface area contributed by atoms with E-state index in [-0.39, 0.29) is 28.1 Å². The Kier molecular flexibility index (Phi) is 3.52. The first-order valence-corrected chi connectivity index (χ1v) is 7.86. The van der Waals surface area contributed by atoms with Crippen LogP contribution in [0, 0.1) is 0 Å². The van der Waals surface area contributed by atoms with E-state index in [2.05, 4.69) is 4.98 Å². The van der Waals surface area contributed by atoms with Crippen LogP contribution in [-0.2, 0) is 4.79 Å².